The van der Waals surface area contributed by atoms with Gasteiger partial charge in [-0.1, -0.05) is 36.4 Å². The summed E-state index contributed by atoms with van der Waals surface area (Å²) in [5.74, 6) is -0.421. The number of hydrogen-bond acceptors (Lipinski definition) is 6. The molecule has 0 bridgehead atoms. The van der Waals surface area contributed by atoms with Crippen LogP contribution < -0.4 is 15.4 Å². The lowest BCUT2D eigenvalue weighted by Crippen LogP contribution is -2.41. The van der Waals surface area contributed by atoms with Crippen LogP contribution in [0.2, 0.25) is 0 Å². The number of hydrogen-bond donors (Lipinski definition) is 2. The van der Waals surface area contributed by atoms with E-state index in [9.17, 15) is 19.7 Å². The van der Waals surface area contributed by atoms with E-state index in [4.69, 9.17) is 10.00 Å². The molecule has 3 rings (SSSR count). The number of ether oxygens (including phenoxy) is 1. The Morgan fingerprint density at radius 1 is 1.09 bits per heavy atom. The Balaban J connectivity index is 1.61. The molecule has 0 radical (unpaired) electrons. The van der Waals surface area contributed by atoms with Crippen molar-refractivity contribution in [2.24, 2.45) is 0 Å². The van der Waals surface area contributed by atoms with E-state index in [0.29, 0.717) is 17.9 Å². The maximum absolute atomic E-state index is 12.7. The standard InChI is InChI=1S/C25H22N4O5/c1-17(27-25(31)19-6-4-7-21(15-19)29(32)33)24(30)28-23-8-3-2-5-20(23)16-34-22-11-9-18(10-12-22)13-14-26/h2-12,15,17H,13,16H2,1H3,(H,27,31)(H,28,30). The third-order valence-corrected chi connectivity index (χ3v) is 4.94. The molecular formula is C25H22N4O5. The number of amides is 2. The van der Waals surface area contributed by atoms with Crippen molar-refractivity contribution < 1.29 is 19.2 Å². The van der Waals surface area contributed by atoms with Crippen molar-refractivity contribution in [2.45, 2.75) is 26.0 Å². The number of nitro benzene ring substituents is 1. The fourth-order valence-electron chi connectivity index (χ4n) is 3.07. The summed E-state index contributed by atoms with van der Waals surface area (Å²) in [6, 6.07) is 20.8. The fraction of sp³-hybridized carbons (Fsp3) is 0.160. The first-order chi connectivity index (χ1) is 16.4. The average Bonchev–Trinajstić information content (AvgIpc) is 2.84. The zero-order valence-electron chi connectivity index (χ0n) is 18.4. The highest BCUT2D eigenvalue weighted by atomic mass is 16.6. The third-order valence-electron chi connectivity index (χ3n) is 4.94. The molecule has 1 unspecified atom stereocenters. The molecule has 0 aliphatic heterocycles. The van der Waals surface area contributed by atoms with E-state index in [1.165, 1.54) is 25.1 Å². The molecule has 0 saturated carbocycles. The van der Waals surface area contributed by atoms with Crippen LogP contribution in [0.4, 0.5) is 11.4 Å². The van der Waals surface area contributed by atoms with E-state index in [1.54, 1.807) is 24.3 Å². The molecule has 0 aliphatic carbocycles. The Hall–Kier alpha value is -4.71. The van der Waals surface area contributed by atoms with Crippen LogP contribution in [0.15, 0.2) is 72.8 Å². The van der Waals surface area contributed by atoms with Crippen LogP contribution in [0.3, 0.4) is 0 Å². The fourth-order valence-corrected chi connectivity index (χ4v) is 3.07. The summed E-state index contributed by atoms with van der Waals surface area (Å²) in [7, 11) is 0. The average molecular weight is 458 g/mol. The molecule has 1 atom stereocenters. The van der Waals surface area contributed by atoms with Crippen molar-refractivity contribution in [3.05, 3.63) is 99.6 Å². The quantitative estimate of drug-likeness (QED) is 0.368. The van der Waals surface area contributed by atoms with Gasteiger partial charge in [-0.15, -0.1) is 0 Å². The first-order valence-corrected chi connectivity index (χ1v) is 10.4. The summed E-state index contributed by atoms with van der Waals surface area (Å²) in [4.78, 5) is 35.4. The first-order valence-electron chi connectivity index (χ1n) is 10.4. The van der Waals surface area contributed by atoms with Crippen LogP contribution in [0.1, 0.15) is 28.4 Å². The number of carbonyl (C=O) groups excluding carboxylic acids is 2. The largest absolute Gasteiger partial charge is 0.489 e. The van der Waals surface area contributed by atoms with Crippen molar-refractivity contribution in [1.82, 2.24) is 5.32 Å². The van der Waals surface area contributed by atoms with E-state index in [-0.39, 0.29) is 17.9 Å². The number of anilines is 1. The number of carbonyl (C=O) groups is 2. The molecular weight excluding hydrogens is 436 g/mol. The predicted molar refractivity (Wildman–Crippen MR) is 125 cm³/mol. The normalized spacial score (nSPS) is 11.1. The number of rotatable bonds is 9. The smallest absolute Gasteiger partial charge is 0.270 e. The molecule has 9 heteroatoms. The third kappa shape index (κ3) is 6.40. The lowest BCUT2D eigenvalue weighted by molar-refractivity contribution is -0.384. The number of nitrogens with one attached hydrogen (secondary N) is 2. The van der Waals surface area contributed by atoms with Gasteiger partial charge in [0, 0.05) is 28.9 Å². The van der Waals surface area contributed by atoms with Gasteiger partial charge < -0.3 is 15.4 Å². The molecule has 0 aliphatic rings. The van der Waals surface area contributed by atoms with Crippen LogP contribution in [-0.2, 0) is 17.8 Å². The minimum absolute atomic E-state index is 0.0865. The topological polar surface area (TPSA) is 134 Å². The summed E-state index contributed by atoms with van der Waals surface area (Å²) in [6.45, 7) is 1.72. The summed E-state index contributed by atoms with van der Waals surface area (Å²) >= 11 is 0. The second-order valence-corrected chi connectivity index (χ2v) is 7.42. The van der Waals surface area contributed by atoms with Crippen molar-refractivity contribution in [3.8, 4) is 11.8 Å². The second-order valence-electron chi connectivity index (χ2n) is 7.42. The van der Waals surface area contributed by atoms with Crippen LogP contribution in [0.5, 0.6) is 5.75 Å². The number of para-hydroxylation sites is 1. The van der Waals surface area contributed by atoms with Crippen molar-refractivity contribution in [3.63, 3.8) is 0 Å². The molecule has 0 fully saturated rings. The van der Waals surface area contributed by atoms with Crippen molar-refractivity contribution in [1.29, 1.82) is 5.26 Å². The Labute approximate surface area is 196 Å². The number of nitrogens with zero attached hydrogens (tertiary/aromatic N) is 2. The van der Waals surface area contributed by atoms with E-state index in [1.807, 2.05) is 24.3 Å². The molecule has 0 heterocycles. The lowest BCUT2D eigenvalue weighted by Gasteiger charge is -2.16. The van der Waals surface area contributed by atoms with Crippen molar-refractivity contribution >= 4 is 23.2 Å². The van der Waals surface area contributed by atoms with Gasteiger partial charge in [0.15, 0.2) is 0 Å². The second kappa shape index (κ2) is 11.2. The van der Waals surface area contributed by atoms with E-state index >= 15 is 0 Å². The van der Waals surface area contributed by atoms with Gasteiger partial charge in [-0.3, -0.25) is 19.7 Å². The molecule has 2 N–H and O–H groups in total. The van der Waals surface area contributed by atoms with Gasteiger partial charge in [-0.05, 0) is 36.8 Å². The zero-order valence-corrected chi connectivity index (χ0v) is 18.4. The summed E-state index contributed by atoms with van der Waals surface area (Å²) in [5, 5.41) is 25.0. The monoisotopic (exact) mass is 458 g/mol. The predicted octanol–water partition coefficient (Wildman–Crippen LogP) is 4.00. The van der Waals surface area contributed by atoms with Gasteiger partial charge in [-0.25, -0.2) is 0 Å². The highest BCUT2D eigenvalue weighted by molar-refractivity contribution is 6.01. The minimum atomic E-state index is -0.895. The molecule has 2 amide bonds. The maximum Gasteiger partial charge on any atom is 0.270 e. The van der Waals surface area contributed by atoms with Crippen LogP contribution in [0.25, 0.3) is 0 Å². The Kier molecular flexibility index (Phi) is 7.92. The molecule has 34 heavy (non-hydrogen) atoms. The molecule has 0 saturated heterocycles. The molecule has 172 valence electrons. The Morgan fingerprint density at radius 3 is 2.53 bits per heavy atom. The molecule has 0 spiro atoms. The number of nitro groups is 1. The molecule has 0 aromatic heterocycles. The Morgan fingerprint density at radius 2 is 1.82 bits per heavy atom. The van der Waals surface area contributed by atoms with E-state index < -0.39 is 22.8 Å². The first kappa shape index (κ1) is 23.9. The summed E-state index contributed by atoms with van der Waals surface area (Å²) < 4.78 is 5.80. The number of non-ortho nitro benzene ring substituents is 1. The minimum Gasteiger partial charge on any atom is -0.489 e. The molecule has 9 nitrogen and oxygen atoms in total. The highest BCUT2D eigenvalue weighted by Crippen LogP contribution is 2.20. The number of nitriles is 1. The Bertz CT molecular complexity index is 1230. The lowest BCUT2D eigenvalue weighted by atomic mass is 10.1. The van der Waals surface area contributed by atoms with Gasteiger partial charge in [-0.2, -0.15) is 5.26 Å². The summed E-state index contributed by atoms with van der Waals surface area (Å²) in [5.41, 5.74) is 2.03. The van der Waals surface area contributed by atoms with Crippen molar-refractivity contribution in [2.75, 3.05) is 5.32 Å². The zero-order chi connectivity index (χ0) is 24.5. The van der Waals surface area contributed by atoms with Gasteiger partial charge in [0.2, 0.25) is 5.91 Å². The van der Waals surface area contributed by atoms with Crippen LogP contribution >= 0.6 is 0 Å². The van der Waals surface area contributed by atoms with Gasteiger partial charge in [0.25, 0.3) is 11.6 Å². The highest BCUT2D eigenvalue weighted by Gasteiger charge is 2.19. The molecule has 3 aromatic carbocycles. The van der Waals surface area contributed by atoms with Gasteiger partial charge in [0.05, 0.1) is 17.4 Å². The SMILES string of the molecule is CC(NC(=O)c1cccc([N+](=O)[O-])c1)C(=O)Nc1ccccc1COc1ccc(CC#N)cc1. The van der Waals surface area contributed by atoms with Gasteiger partial charge >= 0.3 is 0 Å². The molecule has 3 aromatic rings. The van der Waals surface area contributed by atoms with E-state index in [0.717, 1.165) is 17.2 Å². The number of benzene rings is 3. The summed E-state index contributed by atoms with van der Waals surface area (Å²) in [6.07, 6.45) is 0.324. The van der Waals surface area contributed by atoms with Crippen LogP contribution in [-0.4, -0.2) is 22.8 Å². The van der Waals surface area contributed by atoms with E-state index in [2.05, 4.69) is 16.7 Å². The maximum atomic E-state index is 12.7. The van der Waals surface area contributed by atoms with Gasteiger partial charge in [0.1, 0.15) is 18.4 Å². The van der Waals surface area contributed by atoms with Crippen LogP contribution in [0, 0.1) is 21.4 Å².